The van der Waals surface area contributed by atoms with Gasteiger partial charge in [-0.05, 0) is 73.9 Å². The molecule has 0 spiro atoms. The SMILES string of the molecule is CCOc1cc(/C=C2\C(=O)NN(c3ccccc3)C2=O)cc(Cl)c1OCCOc1cc(C)ccc1C. The quantitative estimate of drug-likeness (QED) is 0.243. The highest BCUT2D eigenvalue weighted by molar-refractivity contribution is 6.33. The molecule has 0 aromatic heterocycles. The third-order valence-corrected chi connectivity index (χ3v) is 5.76. The molecular formula is C28H27ClN2O5. The van der Waals surface area contributed by atoms with Gasteiger partial charge in [-0.3, -0.25) is 15.0 Å². The Morgan fingerprint density at radius 2 is 1.67 bits per heavy atom. The minimum atomic E-state index is -0.498. The summed E-state index contributed by atoms with van der Waals surface area (Å²) in [5.74, 6) is 0.638. The number of halogens is 1. The molecule has 186 valence electrons. The van der Waals surface area contributed by atoms with Crippen molar-refractivity contribution in [3.05, 3.63) is 87.9 Å². The molecule has 1 aliphatic heterocycles. The predicted molar refractivity (Wildman–Crippen MR) is 140 cm³/mol. The van der Waals surface area contributed by atoms with E-state index in [0.717, 1.165) is 16.9 Å². The van der Waals surface area contributed by atoms with Crippen molar-refractivity contribution in [3.63, 3.8) is 0 Å². The largest absolute Gasteiger partial charge is 0.490 e. The lowest BCUT2D eigenvalue weighted by atomic mass is 10.1. The number of benzene rings is 3. The first-order chi connectivity index (χ1) is 17.4. The van der Waals surface area contributed by atoms with Crippen LogP contribution in [-0.2, 0) is 9.59 Å². The molecule has 0 radical (unpaired) electrons. The fraction of sp³-hybridized carbons (Fsp3) is 0.214. The van der Waals surface area contributed by atoms with Crippen LogP contribution in [0, 0.1) is 13.8 Å². The van der Waals surface area contributed by atoms with E-state index in [1.807, 2.05) is 45.0 Å². The van der Waals surface area contributed by atoms with E-state index in [-0.39, 0.29) is 12.2 Å². The summed E-state index contributed by atoms with van der Waals surface area (Å²) >= 11 is 6.52. The molecule has 0 saturated carbocycles. The molecule has 1 N–H and O–H groups in total. The Morgan fingerprint density at radius 3 is 2.42 bits per heavy atom. The molecule has 3 aromatic carbocycles. The first-order valence-electron chi connectivity index (χ1n) is 11.6. The summed E-state index contributed by atoms with van der Waals surface area (Å²) in [4.78, 5) is 25.4. The molecule has 0 bridgehead atoms. The van der Waals surface area contributed by atoms with Crippen LogP contribution >= 0.6 is 11.6 Å². The standard InChI is InChI=1S/C28H27ClN2O5/c1-4-34-25-17-20(15-22-27(32)30-31(28(22)33)21-8-6-5-7-9-21)16-23(29)26(25)36-13-12-35-24-14-18(2)10-11-19(24)3/h5-11,14-17H,4,12-13H2,1-3H3,(H,30,32)/b22-15+. The first kappa shape index (κ1) is 25.1. The van der Waals surface area contributed by atoms with Crippen molar-refractivity contribution in [2.45, 2.75) is 20.8 Å². The van der Waals surface area contributed by atoms with Crippen molar-refractivity contribution in [3.8, 4) is 17.2 Å². The van der Waals surface area contributed by atoms with Crippen molar-refractivity contribution >= 4 is 35.2 Å². The molecule has 1 saturated heterocycles. The van der Waals surface area contributed by atoms with Crippen LogP contribution in [0.2, 0.25) is 5.02 Å². The maximum absolute atomic E-state index is 12.9. The normalized spacial score (nSPS) is 14.2. The number of carbonyl (C=O) groups is 2. The lowest BCUT2D eigenvalue weighted by molar-refractivity contribution is -0.117. The van der Waals surface area contributed by atoms with Gasteiger partial charge in [-0.1, -0.05) is 41.9 Å². The molecule has 7 nitrogen and oxygen atoms in total. The highest BCUT2D eigenvalue weighted by Crippen LogP contribution is 2.37. The Kier molecular flexibility index (Phi) is 7.80. The van der Waals surface area contributed by atoms with Crippen LogP contribution in [0.4, 0.5) is 5.69 Å². The molecule has 3 aromatic rings. The van der Waals surface area contributed by atoms with Crippen LogP contribution in [0.15, 0.2) is 66.2 Å². The van der Waals surface area contributed by atoms with Crippen LogP contribution in [-0.4, -0.2) is 31.6 Å². The van der Waals surface area contributed by atoms with Gasteiger partial charge in [0.05, 0.1) is 17.3 Å². The van der Waals surface area contributed by atoms with Gasteiger partial charge in [0.1, 0.15) is 24.5 Å². The summed E-state index contributed by atoms with van der Waals surface area (Å²) in [5, 5.41) is 1.51. The van der Waals surface area contributed by atoms with Crippen LogP contribution in [0.5, 0.6) is 17.2 Å². The minimum absolute atomic E-state index is 0.00652. The molecule has 2 amide bonds. The van der Waals surface area contributed by atoms with E-state index < -0.39 is 11.8 Å². The number of nitrogens with one attached hydrogen (secondary N) is 1. The number of aryl methyl sites for hydroxylation is 2. The number of hydrazine groups is 1. The topological polar surface area (TPSA) is 77.1 Å². The number of anilines is 1. The zero-order valence-corrected chi connectivity index (χ0v) is 21.1. The number of carbonyl (C=O) groups excluding carboxylic acids is 2. The molecule has 8 heteroatoms. The van der Waals surface area contributed by atoms with Gasteiger partial charge in [0.15, 0.2) is 11.5 Å². The van der Waals surface area contributed by atoms with Gasteiger partial charge in [-0.15, -0.1) is 0 Å². The molecule has 0 atom stereocenters. The predicted octanol–water partition coefficient (Wildman–Crippen LogP) is 5.27. The van der Waals surface area contributed by atoms with Gasteiger partial charge >= 0.3 is 0 Å². The van der Waals surface area contributed by atoms with Crippen molar-refractivity contribution in [2.75, 3.05) is 24.8 Å². The van der Waals surface area contributed by atoms with Crippen LogP contribution in [0.1, 0.15) is 23.6 Å². The smallest absolute Gasteiger partial charge is 0.282 e. The third-order valence-electron chi connectivity index (χ3n) is 5.48. The second kappa shape index (κ2) is 11.2. The summed E-state index contributed by atoms with van der Waals surface area (Å²) in [7, 11) is 0. The molecule has 0 unspecified atom stereocenters. The highest BCUT2D eigenvalue weighted by atomic mass is 35.5. The van der Waals surface area contributed by atoms with E-state index in [1.54, 1.807) is 36.4 Å². The average molecular weight is 507 g/mol. The number of hydrogen-bond acceptors (Lipinski definition) is 5. The number of nitrogens with zero attached hydrogens (tertiary/aromatic N) is 1. The fourth-order valence-electron chi connectivity index (χ4n) is 3.72. The average Bonchev–Trinajstić information content (AvgIpc) is 3.14. The first-order valence-corrected chi connectivity index (χ1v) is 12.0. The summed E-state index contributed by atoms with van der Waals surface area (Å²) in [6.45, 7) is 6.80. The molecule has 1 aliphatic rings. The minimum Gasteiger partial charge on any atom is -0.490 e. The molecule has 0 aliphatic carbocycles. The zero-order chi connectivity index (χ0) is 25.7. The highest BCUT2D eigenvalue weighted by Gasteiger charge is 2.34. The number of rotatable bonds is 9. The van der Waals surface area contributed by atoms with Gasteiger partial charge in [0.25, 0.3) is 11.8 Å². The summed E-state index contributed by atoms with van der Waals surface area (Å²) < 4.78 is 17.5. The third kappa shape index (κ3) is 5.63. The number of ether oxygens (including phenoxy) is 3. The Hall–Kier alpha value is -3.97. The fourth-order valence-corrected chi connectivity index (χ4v) is 3.99. The molecule has 4 rings (SSSR count). The molecule has 36 heavy (non-hydrogen) atoms. The van der Waals surface area contributed by atoms with Gasteiger partial charge in [-0.2, -0.15) is 0 Å². The Labute approximate surface area is 215 Å². The van der Waals surface area contributed by atoms with E-state index in [2.05, 4.69) is 5.43 Å². The van der Waals surface area contributed by atoms with E-state index in [1.165, 1.54) is 11.1 Å². The molecule has 1 fully saturated rings. The van der Waals surface area contributed by atoms with Gasteiger partial charge in [0.2, 0.25) is 0 Å². The van der Waals surface area contributed by atoms with Crippen molar-refractivity contribution in [1.29, 1.82) is 0 Å². The van der Waals surface area contributed by atoms with E-state index in [4.69, 9.17) is 25.8 Å². The lowest BCUT2D eigenvalue weighted by Crippen LogP contribution is -2.35. The van der Waals surface area contributed by atoms with Gasteiger partial charge in [0, 0.05) is 0 Å². The lowest BCUT2D eigenvalue weighted by Gasteiger charge is -2.15. The molecular weight excluding hydrogens is 480 g/mol. The van der Waals surface area contributed by atoms with E-state index >= 15 is 0 Å². The van der Waals surface area contributed by atoms with E-state index in [0.29, 0.717) is 41.0 Å². The van der Waals surface area contributed by atoms with Crippen molar-refractivity contribution in [1.82, 2.24) is 5.43 Å². The monoisotopic (exact) mass is 506 g/mol. The van der Waals surface area contributed by atoms with E-state index in [9.17, 15) is 9.59 Å². The maximum Gasteiger partial charge on any atom is 0.282 e. The summed E-state index contributed by atoms with van der Waals surface area (Å²) in [6, 6.07) is 18.2. The number of amides is 2. The Morgan fingerprint density at radius 1 is 0.917 bits per heavy atom. The van der Waals surface area contributed by atoms with Crippen LogP contribution in [0.3, 0.4) is 0 Å². The van der Waals surface area contributed by atoms with Crippen molar-refractivity contribution in [2.24, 2.45) is 0 Å². The zero-order valence-electron chi connectivity index (χ0n) is 20.3. The Balaban J connectivity index is 1.50. The number of para-hydroxylation sites is 1. The second-order valence-electron chi connectivity index (χ2n) is 8.20. The van der Waals surface area contributed by atoms with Gasteiger partial charge < -0.3 is 14.2 Å². The summed E-state index contributed by atoms with van der Waals surface area (Å²) in [5.41, 5.74) is 5.84. The number of hydrogen-bond donors (Lipinski definition) is 1. The van der Waals surface area contributed by atoms with Crippen LogP contribution in [0.25, 0.3) is 6.08 Å². The second-order valence-corrected chi connectivity index (χ2v) is 8.61. The molecule has 1 heterocycles. The van der Waals surface area contributed by atoms with Crippen LogP contribution < -0.4 is 24.6 Å². The maximum atomic E-state index is 12.9. The van der Waals surface area contributed by atoms with Gasteiger partial charge in [-0.25, -0.2) is 5.01 Å². The van der Waals surface area contributed by atoms with Crippen molar-refractivity contribution < 1.29 is 23.8 Å². The Bertz CT molecular complexity index is 1310. The summed E-state index contributed by atoms with van der Waals surface area (Å²) in [6.07, 6.45) is 1.49.